The molecule has 23 heavy (non-hydrogen) atoms. The van der Waals surface area contributed by atoms with Crippen LogP contribution in [-0.2, 0) is 5.41 Å². The first kappa shape index (κ1) is 16.0. The molecule has 1 saturated heterocycles. The molecule has 0 saturated carbocycles. The molecule has 0 aromatic heterocycles. The maximum Gasteiger partial charge on any atom is 0.165 e. The highest BCUT2D eigenvalue weighted by Crippen LogP contribution is 2.59. The number of likely N-dealkylation sites (tertiary alicyclic amines) is 1. The van der Waals surface area contributed by atoms with Crippen molar-refractivity contribution >= 4 is 0 Å². The maximum atomic E-state index is 10.3. The lowest BCUT2D eigenvalue weighted by Crippen LogP contribution is -2.58. The fraction of sp³-hybridized carbons (Fsp3) is 0.500. The number of phenolic OH excluding ortho intramolecular Hbond substituents is 1. The van der Waals surface area contributed by atoms with Gasteiger partial charge in [0.1, 0.15) is 6.10 Å². The fourth-order valence-electron chi connectivity index (χ4n) is 4.82. The van der Waals surface area contributed by atoms with Crippen molar-refractivity contribution in [1.82, 2.24) is 4.90 Å². The Morgan fingerprint density at radius 1 is 1.35 bits per heavy atom. The highest BCUT2D eigenvalue weighted by atomic mass is 16.5. The number of fused-ring (bicyclic) bond motifs is 1. The fourth-order valence-corrected chi connectivity index (χ4v) is 4.82. The van der Waals surface area contributed by atoms with Gasteiger partial charge in [0.2, 0.25) is 0 Å². The van der Waals surface area contributed by atoms with E-state index < -0.39 is 0 Å². The van der Waals surface area contributed by atoms with Gasteiger partial charge in [-0.1, -0.05) is 18.2 Å². The normalized spacial score (nSPS) is 34.4. The highest BCUT2D eigenvalue weighted by Gasteiger charge is 2.58. The minimum Gasteiger partial charge on any atom is -0.504 e. The molecular weight excluding hydrogens is 286 g/mol. The lowest BCUT2D eigenvalue weighted by Gasteiger charge is -2.52. The van der Waals surface area contributed by atoms with Crippen LogP contribution in [0.3, 0.4) is 0 Å². The molecule has 1 unspecified atom stereocenters. The Kier molecular flexibility index (Phi) is 3.90. The van der Waals surface area contributed by atoms with Gasteiger partial charge < -0.3 is 14.7 Å². The summed E-state index contributed by atoms with van der Waals surface area (Å²) in [4.78, 5) is 2.44. The molecule has 4 atom stereocenters. The van der Waals surface area contributed by atoms with E-state index in [0.717, 1.165) is 25.1 Å². The zero-order valence-electron chi connectivity index (χ0n) is 14.1. The van der Waals surface area contributed by atoms with Gasteiger partial charge in [-0.3, -0.25) is 0 Å². The molecule has 3 nitrogen and oxygen atoms in total. The van der Waals surface area contributed by atoms with Crippen molar-refractivity contribution in [1.29, 1.82) is 0 Å². The first-order chi connectivity index (χ1) is 11.1. The average Bonchev–Trinajstić information content (AvgIpc) is 2.92. The number of piperidine rings is 1. The van der Waals surface area contributed by atoms with Crippen molar-refractivity contribution in [3.8, 4) is 24.3 Å². The van der Waals surface area contributed by atoms with E-state index in [1.807, 2.05) is 6.07 Å². The van der Waals surface area contributed by atoms with Gasteiger partial charge in [-0.25, -0.2) is 0 Å². The number of hydrogen-bond acceptors (Lipinski definition) is 3. The van der Waals surface area contributed by atoms with Crippen molar-refractivity contribution in [3.05, 3.63) is 35.4 Å². The van der Waals surface area contributed by atoms with Crippen molar-refractivity contribution in [2.75, 3.05) is 13.6 Å². The molecule has 1 spiro atoms. The molecule has 3 heteroatoms. The summed E-state index contributed by atoms with van der Waals surface area (Å²) in [5.74, 6) is 1.49. The number of nitrogens with zero attached hydrogens (tertiary/aromatic N) is 1. The molecule has 1 aromatic carbocycles. The van der Waals surface area contributed by atoms with E-state index in [1.165, 1.54) is 11.1 Å². The molecule has 1 aromatic rings. The predicted octanol–water partition coefficient (Wildman–Crippen LogP) is 3.25. The monoisotopic (exact) mass is 311 g/mol. The average molecular weight is 311 g/mol. The molecule has 0 bridgehead atoms. The van der Waals surface area contributed by atoms with Gasteiger partial charge >= 0.3 is 0 Å². The van der Waals surface area contributed by atoms with Crippen LogP contribution in [0, 0.1) is 25.7 Å². The van der Waals surface area contributed by atoms with Crippen LogP contribution in [0.2, 0.25) is 0 Å². The van der Waals surface area contributed by atoms with Crippen LogP contribution in [-0.4, -0.2) is 35.7 Å². The molecule has 2 heterocycles. The summed E-state index contributed by atoms with van der Waals surface area (Å²) in [6, 6.07) is 4.30. The Labute approximate surface area is 139 Å². The molecule has 2 aliphatic heterocycles. The third kappa shape index (κ3) is 2.01. The summed E-state index contributed by atoms with van der Waals surface area (Å²) in [6.07, 6.45) is 14.9. The van der Waals surface area contributed by atoms with Crippen molar-refractivity contribution in [2.24, 2.45) is 5.92 Å². The van der Waals surface area contributed by atoms with E-state index in [4.69, 9.17) is 4.74 Å². The Morgan fingerprint density at radius 2 is 2.09 bits per heavy atom. The molecule has 1 aliphatic carbocycles. The topological polar surface area (TPSA) is 32.7 Å². The SMILES string of the molecule is C#C.Cc1ccc(O)c2c1[C@]13CCN(C)[C@H](C)[C@@H]1C=CCC3O2. The predicted molar refractivity (Wildman–Crippen MR) is 92.8 cm³/mol. The van der Waals surface area contributed by atoms with E-state index in [-0.39, 0.29) is 11.5 Å². The van der Waals surface area contributed by atoms with Gasteiger partial charge in [-0.05, 0) is 45.5 Å². The Balaban J connectivity index is 0.000000753. The lowest BCUT2D eigenvalue weighted by atomic mass is 9.58. The zero-order valence-corrected chi connectivity index (χ0v) is 14.1. The van der Waals surface area contributed by atoms with Crippen LogP contribution in [0.5, 0.6) is 11.5 Å². The van der Waals surface area contributed by atoms with E-state index in [1.54, 1.807) is 6.07 Å². The summed E-state index contributed by atoms with van der Waals surface area (Å²) >= 11 is 0. The standard InChI is InChI=1S/C18H23NO2.C2H2/c1-11-7-8-14(20)17-16(11)18-9-10-19(3)12(2)13(18)5-4-6-15(18)21-17;1-2/h4-5,7-8,12-13,15,20H,6,9-10H2,1-3H3;1-2H/t12-,13+,15?,18-;/m1./s1. The van der Waals surface area contributed by atoms with Gasteiger partial charge in [-0.15, -0.1) is 12.8 Å². The maximum absolute atomic E-state index is 10.3. The molecule has 3 aliphatic rings. The molecule has 0 amide bonds. The second-order valence-electron chi connectivity index (χ2n) is 6.91. The quantitative estimate of drug-likeness (QED) is 0.590. The zero-order chi connectivity index (χ0) is 16.8. The number of rotatable bonds is 0. The first-order valence-electron chi connectivity index (χ1n) is 8.25. The van der Waals surface area contributed by atoms with E-state index >= 15 is 0 Å². The second kappa shape index (κ2) is 5.62. The van der Waals surface area contributed by atoms with Crippen molar-refractivity contribution in [3.63, 3.8) is 0 Å². The number of ether oxygens (including phenoxy) is 1. The van der Waals surface area contributed by atoms with E-state index in [9.17, 15) is 5.11 Å². The van der Waals surface area contributed by atoms with Crippen molar-refractivity contribution in [2.45, 2.75) is 44.2 Å². The summed E-state index contributed by atoms with van der Waals surface area (Å²) in [6.45, 7) is 5.55. The van der Waals surface area contributed by atoms with Gasteiger partial charge in [0.25, 0.3) is 0 Å². The Hall–Kier alpha value is -1.92. The summed E-state index contributed by atoms with van der Waals surface area (Å²) in [7, 11) is 2.21. The molecule has 0 radical (unpaired) electrons. The smallest absolute Gasteiger partial charge is 0.165 e. The Morgan fingerprint density at radius 3 is 2.83 bits per heavy atom. The highest BCUT2D eigenvalue weighted by molar-refractivity contribution is 5.59. The van der Waals surface area contributed by atoms with Gasteiger partial charge in [0, 0.05) is 29.4 Å². The van der Waals surface area contributed by atoms with Crippen LogP contribution in [0.25, 0.3) is 0 Å². The van der Waals surface area contributed by atoms with Gasteiger partial charge in [0.15, 0.2) is 11.5 Å². The summed E-state index contributed by atoms with van der Waals surface area (Å²) in [5.41, 5.74) is 2.56. The summed E-state index contributed by atoms with van der Waals surface area (Å²) in [5, 5.41) is 10.3. The van der Waals surface area contributed by atoms with Crippen molar-refractivity contribution < 1.29 is 9.84 Å². The minimum absolute atomic E-state index is 0.0405. The molecule has 4 rings (SSSR count). The molecule has 122 valence electrons. The lowest BCUT2D eigenvalue weighted by molar-refractivity contribution is 0.0159. The van der Waals surface area contributed by atoms with Crippen LogP contribution < -0.4 is 4.74 Å². The molecule has 1 fully saturated rings. The molecule has 1 N–H and O–H groups in total. The second-order valence-corrected chi connectivity index (χ2v) is 6.91. The van der Waals surface area contributed by atoms with E-state index in [2.05, 4.69) is 50.8 Å². The number of terminal acetylenes is 1. The van der Waals surface area contributed by atoms with Crippen LogP contribution >= 0.6 is 0 Å². The number of hydrogen-bond donors (Lipinski definition) is 1. The first-order valence-corrected chi connectivity index (χ1v) is 8.25. The van der Waals surface area contributed by atoms with Crippen LogP contribution in [0.1, 0.15) is 30.9 Å². The molecular formula is C20H25NO2. The number of phenols is 1. The van der Waals surface area contributed by atoms with Crippen LogP contribution in [0.4, 0.5) is 0 Å². The van der Waals surface area contributed by atoms with Gasteiger partial charge in [-0.2, -0.15) is 0 Å². The van der Waals surface area contributed by atoms with E-state index in [0.29, 0.717) is 17.7 Å². The largest absolute Gasteiger partial charge is 0.504 e. The minimum atomic E-state index is 0.0405. The Bertz CT molecular complexity index is 663. The third-order valence-electron chi connectivity index (χ3n) is 6.03. The number of aryl methyl sites for hydroxylation is 1. The third-order valence-corrected chi connectivity index (χ3v) is 6.03. The number of benzene rings is 1. The number of aromatic hydroxyl groups is 1. The summed E-state index contributed by atoms with van der Waals surface area (Å²) < 4.78 is 6.25. The van der Waals surface area contributed by atoms with Gasteiger partial charge in [0.05, 0.1) is 0 Å². The van der Waals surface area contributed by atoms with Crippen LogP contribution in [0.15, 0.2) is 24.3 Å².